The van der Waals surface area contributed by atoms with E-state index < -0.39 is 0 Å². The van der Waals surface area contributed by atoms with Gasteiger partial charge in [0.15, 0.2) is 0 Å². The number of anilines is 1. The van der Waals surface area contributed by atoms with Gasteiger partial charge >= 0.3 is 0 Å². The van der Waals surface area contributed by atoms with Crippen molar-refractivity contribution < 1.29 is 0 Å². The molecule has 1 fully saturated rings. The van der Waals surface area contributed by atoms with Gasteiger partial charge in [-0.2, -0.15) is 0 Å². The highest BCUT2D eigenvalue weighted by Gasteiger charge is 2.16. The molecule has 5 nitrogen and oxygen atoms in total. The summed E-state index contributed by atoms with van der Waals surface area (Å²) in [6.45, 7) is 10.4. The van der Waals surface area contributed by atoms with Gasteiger partial charge in [0.05, 0.1) is 0 Å². The number of aryl methyl sites for hydroxylation is 2. The number of hydrogen-bond acceptors (Lipinski definition) is 5. The van der Waals surface area contributed by atoms with Crippen LogP contribution < -0.4 is 10.6 Å². The molecule has 1 aromatic heterocycles. The van der Waals surface area contributed by atoms with E-state index >= 15 is 0 Å². The average molecular weight is 277 g/mol. The van der Waals surface area contributed by atoms with Gasteiger partial charge in [0.25, 0.3) is 0 Å². The molecule has 2 N–H and O–H groups in total. The van der Waals surface area contributed by atoms with Crippen LogP contribution in [0.15, 0.2) is 6.07 Å². The maximum absolute atomic E-state index is 5.56. The first-order chi connectivity index (χ1) is 9.69. The van der Waals surface area contributed by atoms with Crippen molar-refractivity contribution in [1.82, 2.24) is 14.9 Å². The van der Waals surface area contributed by atoms with E-state index in [0.29, 0.717) is 0 Å². The summed E-state index contributed by atoms with van der Waals surface area (Å²) in [5, 5.41) is 0. The third-order valence-corrected chi connectivity index (χ3v) is 3.79. The molecule has 0 spiro atoms. The summed E-state index contributed by atoms with van der Waals surface area (Å²) >= 11 is 0. The van der Waals surface area contributed by atoms with Crippen LogP contribution in [-0.2, 0) is 0 Å². The SMILES string of the molecule is Cc1cc(N2CCCN(CCCCN)CC2)nc(C)n1. The molecule has 0 bridgehead atoms. The molecule has 20 heavy (non-hydrogen) atoms. The summed E-state index contributed by atoms with van der Waals surface area (Å²) < 4.78 is 0. The molecule has 0 unspecified atom stereocenters. The highest BCUT2D eigenvalue weighted by Crippen LogP contribution is 2.15. The largest absolute Gasteiger partial charge is 0.355 e. The van der Waals surface area contributed by atoms with Crippen molar-refractivity contribution in [3.8, 4) is 0 Å². The molecule has 1 aromatic rings. The Morgan fingerprint density at radius 1 is 1.10 bits per heavy atom. The Morgan fingerprint density at radius 3 is 2.70 bits per heavy atom. The summed E-state index contributed by atoms with van der Waals surface area (Å²) in [4.78, 5) is 13.9. The van der Waals surface area contributed by atoms with Gasteiger partial charge in [-0.3, -0.25) is 0 Å². The van der Waals surface area contributed by atoms with E-state index in [1.807, 2.05) is 13.8 Å². The molecule has 0 radical (unpaired) electrons. The Morgan fingerprint density at radius 2 is 1.95 bits per heavy atom. The first-order valence-corrected chi connectivity index (χ1v) is 7.68. The highest BCUT2D eigenvalue weighted by molar-refractivity contribution is 5.39. The zero-order valence-corrected chi connectivity index (χ0v) is 12.8. The summed E-state index contributed by atoms with van der Waals surface area (Å²) in [6.07, 6.45) is 3.54. The normalized spacial score (nSPS) is 17.2. The van der Waals surface area contributed by atoms with Gasteiger partial charge in [0, 0.05) is 31.4 Å². The molecular formula is C15H27N5. The minimum Gasteiger partial charge on any atom is -0.355 e. The van der Waals surface area contributed by atoms with Crippen molar-refractivity contribution in [2.24, 2.45) is 5.73 Å². The molecule has 0 aromatic carbocycles. The summed E-state index contributed by atoms with van der Waals surface area (Å²) in [6, 6.07) is 2.09. The van der Waals surface area contributed by atoms with Crippen molar-refractivity contribution >= 4 is 5.82 Å². The molecule has 1 aliphatic rings. The highest BCUT2D eigenvalue weighted by atomic mass is 15.2. The third kappa shape index (κ3) is 4.42. The van der Waals surface area contributed by atoms with Crippen LogP contribution in [0.1, 0.15) is 30.8 Å². The molecule has 0 aliphatic carbocycles. The van der Waals surface area contributed by atoms with Gasteiger partial charge < -0.3 is 15.5 Å². The fraction of sp³-hybridized carbons (Fsp3) is 0.733. The zero-order chi connectivity index (χ0) is 14.4. The maximum Gasteiger partial charge on any atom is 0.132 e. The van der Waals surface area contributed by atoms with Crippen LogP contribution in [0.2, 0.25) is 0 Å². The van der Waals surface area contributed by atoms with Crippen molar-refractivity contribution in [3.05, 3.63) is 17.6 Å². The Hall–Kier alpha value is -1.20. The lowest BCUT2D eigenvalue weighted by molar-refractivity contribution is 0.288. The van der Waals surface area contributed by atoms with Gasteiger partial charge in [0.2, 0.25) is 0 Å². The minimum absolute atomic E-state index is 0.805. The Bertz CT molecular complexity index is 400. The predicted molar refractivity (Wildman–Crippen MR) is 83.1 cm³/mol. The second kappa shape index (κ2) is 7.55. The van der Waals surface area contributed by atoms with Gasteiger partial charge in [-0.25, -0.2) is 9.97 Å². The molecule has 1 saturated heterocycles. The smallest absolute Gasteiger partial charge is 0.132 e. The number of unbranched alkanes of at least 4 members (excludes halogenated alkanes) is 1. The van der Waals surface area contributed by atoms with Crippen molar-refractivity contribution in [1.29, 1.82) is 0 Å². The monoisotopic (exact) mass is 277 g/mol. The molecule has 112 valence electrons. The van der Waals surface area contributed by atoms with E-state index in [1.165, 1.54) is 25.9 Å². The van der Waals surface area contributed by atoms with E-state index in [-0.39, 0.29) is 0 Å². The number of rotatable bonds is 5. The average Bonchev–Trinajstić information content (AvgIpc) is 2.64. The number of hydrogen-bond donors (Lipinski definition) is 1. The zero-order valence-electron chi connectivity index (χ0n) is 12.8. The van der Waals surface area contributed by atoms with Gasteiger partial charge in [-0.1, -0.05) is 0 Å². The Kier molecular flexibility index (Phi) is 5.73. The van der Waals surface area contributed by atoms with Crippen LogP contribution in [0.3, 0.4) is 0 Å². The Labute approximate surface area is 122 Å². The first-order valence-electron chi connectivity index (χ1n) is 7.68. The van der Waals surface area contributed by atoms with Crippen LogP contribution in [0, 0.1) is 13.8 Å². The van der Waals surface area contributed by atoms with E-state index in [4.69, 9.17) is 5.73 Å². The summed E-state index contributed by atoms with van der Waals surface area (Å²) in [5.74, 6) is 1.95. The van der Waals surface area contributed by atoms with Crippen LogP contribution in [0.4, 0.5) is 5.82 Å². The lowest BCUT2D eigenvalue weighted by Crippen LogP contribution is -2.32. The molecule has 0 saturated carbocycles. The van der Waals surface area contributed by atoms with Gasteiger partial charge in [0.1, 0.15) is 11.6 Å². The van der Waals surface area contributed by atoms with Gasteiger partial charge in [-0.15, -0.1) is 0 Å². The van der Waals surface area contributed by atoms with Crippen LogP contribution in [0.5, 0.6) is 0 Å². The molecule has 5 heteroatoms. The summed E-state index contributed by atoms with van der Waals surface area (Å²) in [5.41, 5.74) is 6.61. The van der Waals surface area contributed by atoms with E-state index in [1.54, 1.807) is 0 Å². The van der Waals surface area contributed by atoms with Crippen molar-refractivity contribution in [2.45, 2.75) is 33.1 Å². The number of nitrogens with zero attached hydrogens (tertiary/aromatic N) is 4. The van der Waals surface area contributed by atoms with Gasteiger partial charge in [-0.05, 0) is 52.7 Å². The van der Waals surface area contributed by atoms with Crippen molar-refractivity contribution in [2.75, 3.05) is 44.2 Å². The van der Waals surface area contributed by atoms with E-state index in [9.17, 15) is 0 Å². The second-order valence-electron chi connectivity index (χ2n) is 5.59. The molecular weight excluding hydrogens is 250 g/mol. The maximum atomic E-state index is 5.56. The fourth-order valence-corrected chi connectivity index (χ4v) is 2.76. The van der Waals surface area contributed by atoms with Crippen LogP contribution in [-0.4, -0.2) is 54.1 Å². The molecule has 0 atom stereocenters. The second-order valence-corrected chi connectivity index (χ2v) is 5.59. The molecule has 2 rings (SSSR count). The predicted octanol–water partition coefficient (Wildman–Crippen LogP) is 1.34. The summed E-state index contributed by atoms with van der Waals surface area (Å²) in [7, 11) is 0. The fourth-order valence-electron chi connectivity index (χ4n) is 2.76. The first kappa shape index (κ1) is 15.2. The standard InChI is InChI=1S/C15H27N5/c1-13-12-15(18-14(2)17-13)20-9-5-8-19(10-11-20)7-4-3-6-16/h12H,3-11,16H2,1-2H3. The number of aromatic nitrogens is 2. The van der Waals surface area contributed by atoms with Crippen LogP contribution >= 0.6 is 0 Å². The number of nitrogens with two attached hydrogens (primary N) is 1. The van der Waals surface area contributed by atoms with E-state index in [2.05, 4.69) is 25.8 Å². The lowest BCUT2D eigenvalue weighted by Gasteiger charge is -2.23. The lowest BCUT2D eigenvalue weighted by atomic mass is 10.3. The van der Waals surface area contributed by atoms with Crippen LogP contribution in [0.25, 0.3) is 0 Å². The quantitative estimate of drug-likeness (QED) is 0.823. The van der Waals surface area contributed by atoms with Crippen molar-refractivity contribution in [3.63, 3.8) is 0 Å². The topological polar surface area (TPSA) is 58.3 Å². The van der Waals surface area contributed by atoms with E-state index in [0.717, 1.165) is 49.9 Å². The molecule has 1 aliphatic heterocycles. The molecule has 2 heterocycles. The molecule has 0 amide bonds. The Balaban J connectivity index is 1.91. The third-order valence-electron chi connectivity index (χ3n) is 3.79. The minimum atomic E-state index is 0.805.